The van der Waals surface area contributed by atoms with Crippen molar-refractivity contribution in [3.8, 4) is 11.5 Å². The van der Waals surface area contributed by atoms with Gasteiger partial charge in [-0.2, -0.15) is 35.1 Å². The highest BCUT2D eigenvalue weighted by atomic mass is 19.3. The van der Waals surface area contributed by atoms with Crippen LogP contribution >= 0.6 is 0 Å². The number of hydrogen-bond donors (Lipinski definition) is 0. The van der Waals surface area contributed by atoms with Crippen LogP contribution in [0.3, 0.4) is 0 Å². The molecule has 2 heterocycles. The van der Waals surface area contributed by atoms with E-state index in [0.717, 1.165) is 0 Å². The molecule has 0 fully saturated rings. The number of halogens is 8. The van der Waals surface area contributed by atoms with Crippen molar-refractivity contribution in [3.05, 3.63) is 22.3 Å². The molecule has 1 aromatic rings. The molecule has 0 unspecified atom stereocenters. The van der Waals surface area contributed by atoms with Crippen LogP contribution in [0.4, 0.5) is 35.1 Å². The number of ether oxygens (including phenoxy) is 4. The molecule has 0 saturated carbocycles. The number of methoxy groups -OCH3 is 2. The number of benzene rings is 1. The molecule has 0 amide bonds. The van der Waals surface area contributed by atoms with E-state index >= 15 is 0 Å². The summed E-state index contributed by atoms with van der Waals surface area (Å²) in [6.45, 7) is 0. The molecule has 0 N–H and O–H groups in total. The van der Waals surface area contributed by atoms with Gasteiger partial charge in [-0.15, -0.1) is 0 Å². The van der Waals surface area contributed by atoms with Crippen molar-refractivity contribution in [2.75, 3.05) is 14.2 Å². The molecule has 24 heavy (non-hydrogen) atoms. The molecule has 0 atom stereocenters. The third kappa shape index (κ3) is 1.92. The van der Waals surface area contributed by atoms with E-state index in [2.05, 4.69) is 18.9 Å². The van der Waals surface area contributed by atoms with E-state index in [1.54, 1.807) is 0 Å². The molecule has 0 spiro atoms. The van der Waals surface area contributed by atoms with Gasteiger partial charge in [-0.05, 0) is 0 Å². The SMILES string of the molecule is COc1c2c(c(OC)c3c1C(F)(F)OC3(F)F)C(F)(F)OC2(F)F. The summed E-state index contributed by atoms with van der Waals surface area (Å²) in [7, 11) is 1.14. The van der Waals surface area contributed by atoms with Crippen LogP contribution in [0.2, 0.25) is 0 Å². The van der Waals surface area contributed by atoms with Gasteiger partial charge in [0.05, 0.1) is 14.2 Å². The number of alkyl halides is 8. The second-order valence-corrected chi connectivity index (χ2v) is 4.84. The predicted octanol–water partition coefficient (Wildman–Crippen LogP) is 3.96. The van der Waals surface area contributed by atoms with Crippen LogP contribution in [0, 0.1) is 0 Å². The van der Waals surface area contributed by atoms with E-state index in [-0.39, 0.29) is 0 Å². The standard InChI is InChI=1S/C12H6F8O4/c1-21-7-3-5(11(17,18)23-9(3,13)14)8(22-2)6-4(7)10(15,16)24-12(6,19)20/h1-2H3. The predicted molar refractivity (Wildman–Crippen MR) is 57.3 cm³/mol. The van der Waals surface area contributed by atoms with Gasteiger partial charge >= 0.3 is 24.4 Å². The minimum atomic E-state index is -4.79. The summed E-state index contributed by atoms with van der Waals surface area (Å²) in [5.41, 5.74) is -7.31. The van der Waals surface area contributed by atoms with E-state index < -0.39 is 58.2 Å². The van der Waals surface area contributed by atoms with E-state index in [4.69, 9.17) is 0 Å². The zero-order valence-corrected chi connectivity index (χ0v) is 11.7. The Balaban J connectivity index is 2.56. The Hall–Kier alpha value is -1.82. The van der Waals surface area contributed by atoms with Gasteiger partial charge in [-0.3, -0.25) is 0 Å². The first-order chi connectivity index (χ1) is 10.8. The number of rotatable bonds is 2. The highest BCUT2D eigenvalue weighted by Gasteiger charge is 2.68. The Morgan fingerprint density at radius 3 is 0.917 bits per heavy atom. The van der Waals surface area contributed by atoms with Gasteiger partial charge in [0.15, 0.2) is 0 Å². The maximum absolute atomic E-state index is 13.8. The van der Waals surface area contributed by atoms with Gasteiger partial charge in [0.25, 0.3) is 0 Å². The Bertz CT molecular complexity index is 616. The van der Waals surface area contributed by atoms with Crippen molar-refractivity contribution < 1.29 is 54.1 Å². The van der Waals surface area contributed by atoms with Crippen LogP contribution in [0.5, 0.6) is 11.5 Å². The van der Waals surface area contributed by atoms with Crippen LogP contribution < -0.4 is 9.47 Å². The van der Waals surface area contributed by atoms with Crippen molar-refractivity contribution in [3.63, 3.8) is 0 Å². The first-order valence-corrected chi connectivity index (χ1v) is 6.05. The lowest BCUT2D eigenvalue weighted by molar-refractivity contribution is -0.372. The molecule has 1 aromatic carbocycles. The summed E-state index contributed by atoms with van der Waals surface area (Å²) < 4.78 is 126. The highest BCUT2D eigenvalue weighted by molar-refractivity contribution is 5.65. The van der Waals surface area contributed by atoms with Gasteiger partial charge < -0.3 is 9.47 Å². The molecule has 3 rings (SSSR count). The lowest BCUT2D eigenvalue weighted by atomic mass is 9.95. The van der Waals surface area contributed by atoms with Crippen molar-refractivity contribution in [1.82, 2.24) is 0 Å². The zero-order chi connectivity index (χ0) is 18.3. The molecule has 0 aromatic heterocycles. The van der Waals surface area contributed by atoms with Gasteiger partial charge in [0, 0.05) is 0 Å². The van der Waals surface area contributed by atoms with Gasteiger partial charge in [0.2, 0.25) is 0 Å². The minimum absolute atomic E-state index is 0.571. The summed E-state index contributed by atoms with van der Waals surface area (Å²) in [5, 5.41) is 0. The van der Waals surface area contributed by atoms with Crippen LogP contribution in [0.15, 0.2) is 0 Å². The Labute approximate surface area is 127 Å². The lowest BCUT2D eigenvalue weighted by Gasteiger charge is -2.19. The van der Waals surface area contributed by atoms with E-state index in [1.807, 2.05) is 0 Å². The summed E-state index contributed by atoms with van der Waals surface area (Å²) in [6, 6.07) is 0. The molecule has 2 aliphatic rings. The fourth-order valence-corrected chi connectivity index (χ4v) is 2.75. The quantitative estimate of drug-likeness (QED) is 0.743. The third-order valence-electron chi connectivity index (χ3n) is 3.49. The molecular weight excluding hydrogens is 360 g/mol. The number of hydrogen-bond acceptors (Lipinski definition) is 4. The van der Waals surface area contributed by atoms with Gasteiger partial charge in [-0.1, -0.05) is 0 Å². The van der Waals surface area contributed by atoms with Crippen molar-refractivity contribution in [1.29, 1.82) is 0 Å². The topological polar surface area (TPSA) is 36.9 Å². The highest BCUT2D eigenvalue weighted by Crippen LogP contribution is 2.65. The van der Waals surface area contributed by atoms with E-state index in [9.17, 15) is 35.1 Å². The maximum Gasteiger partial charge on any atom is 0.392 e. The first kappa shape index (κ1) is 17.0. The average Bonchev–Trinajstić information content (AvgIpc) is 2.72. The first-order valence-electron chi connectivity index (χ1n) is 6.05. The minimum Gasteiger partial charge on any atom is -0.495 e. The summed E-state index contributed by atoms with van der Waals surface area (Å²) in [4.78, 5) is 0. The molecule has 0 bridgehead atoms. The fraction of sp³-hybridized carbons (Fsp3) is 0.500. The molecule has 12 heteroatoms. The molecule has 0 saturated heterocycles. The summed E-state index contributed by atoms with van der Waals surface area (Å²) in [5.74, 6) is -3.18. The summed E-state index contributed by atoms with van der Waals surface area (Å²) in [6.07, 6.45) is -19.2. The zero-order valence-electron chi connectivity index (χ0n) is 11.7. The lowest BCUT2D eigenvalue weighted by Crippen LogP contribution is -2.20. The van der Waals surface area contributed by atoms with Crippen LogP contribution in [0.1, 0.15) is 22.3 Å². The molecule has 0 aliphatic carbocycles. The van der Waals surface area contributed by atoms with Crippen LogP contribution in [-0.2, 0) is 33.9 Å². The molecule has 134 valence electrons. The maximum atomic E-state index is 13.8. The molecular formula is C12H6F8O4. The normalized spacial score (nSPS) is 24.4. The molecule has 0 radical (unpaired) electrons. The van der Waals surface area contributed by atoms with Crippen molar-refractivity contribution in [2.24, 2.45) is 0 Å². The van der Waals surface area contributed by atoms with Gasteiger partial charge in [-0.25, -0.2) is 9.47 Å². The Kier molecular flexibility index (Phi) is 3.13. The van der Waals surface area contributed by atoms with E-state index in [0.29, 0.717) is 14.2 Å². The largest absolute Gasteiger partial charge is 0.495 e. The van der Waals surface area contributed by atoms with Crippen molar-refractivity contribution >= 4 is 0 Å². The second kappa shape index (κ2) is 4.42. The summed E-state index contributed by atoms with van der Waals surface area (Å²) >= 11 is 0. The van der Waals surface area contributed by atoms with E-state index in [1.165, 1.54) is 0 Å². The third-order valence-corrected chi connectivity index (χ3v) is 3.49. The smallest absolute Gasteiger partial charge is 0.392 e. The van der Waals surface area contributed by atoms with Crippen LogP contribution in [0.25, 0.3) is 0 Å². The van der Waals surface area contributed by atoms with Crippen molar-refractivity contribution in [2.45, 2.75) is 24.4 Å². The van der Waals surface area contributed by atoms with Crippen LogP contribution in [-0.4, -0.2) is 14.2 Å². The second-order valence-electron chi connectivity index (χ2n) is 4.84. The van der Waals surface area contributed by atoms with Gasteiger partial charge in [0.1, 0.15) is 33.8 Å². The Morgan fingerprint density at radius 2 is 0.750 bits per heavy atom. The number of fused-ring (bicyclic) bond motifs is 2. The average molecular weight is 366 g/mol. The molecule has 4 nitrogen and oxygen atoms in total. The Morgan fingerprint density at radius 1 is 0.542 bits per heavy atom. The monoisotopic (exact) mass is 366 g/mol. The fourth-order valence-electron chi connectivity index (χ4n) is 2.75. The molecule has 2 aliphatic heterocycles.